The van der Waals surface area contributed by atoms with Gasteiger partial charge in [0.2, 0.25) is 0 Å². The number of para-hydroxylation sites is 1. The van der Waals surface area contributed by atoms with Crippen LogP contribution in [0.3, 0.4) is 0 Å². The Labute approximate surface area is 112 Å². The third-order valence-corrected chi connectivity index (χ3v) is 4.23. The van der Waals surface area contributed by atoms with Crippen LogP contribution >= 0.6 is 0 Å². The van der Waals surface area contributed by atoms with Gasteiger partial charge in [0.15, 0.2) is 0 Å². The number of aromatic hydroxyl groups is 1. The highest BCUT2D eigenvalue weighted by atomic mass is 32.2. The van der Waals surface area contributed by atoms with E-state index < -0.39 is 10.0 Å². The summed E-state index contributed by atoms with van der Waals surface area (Å²) in [5.41, 5.74) is 2.32. The lowest BCUT2D eigenvalue weighted by Crippen LogP contribution is -2.14. The van der Waals surface area contributed by atoms with E-state index in [9.17, 15) is 13.5 Å². The van der Waals surface area contributed by atoms with Crippen molar-refractivity contribution in [1.29, 1.82) is 0 Å². The van der Waals surface area contributed by atoms with Crippen molar-refractivity contribution >= 4 is 15.7 Å². The number of hydrogen-bond acceptors (Lipinski definition) is 3. The fraction of sp³-hybridized carbons (Fsp3) is 0.143. The van der Waals surface area contributed by atoms with Gasteiger partial charge < -0.3 is 5.11 Å². The summed E-state index contributed by atoms with van der Waals surface area (Å²) < 4.78 is 27.0. The summed E-state index contributed by atoms with van der Waals surface area (Å²) in [4.78, 5) is 0.118. The molecule has 2 rings (SSSR count). The minimum absolute atomic E-state index is 0.0334. The molecule has 0 heterocycles. The Bertz CT molecular complexity index is 671. The number of benzene rings is 2. The summed E-state index contributed by atoms with van der Waals surface area (Å²) >= 11 is 0. The molecule has 2 aromatic rings. The molecule has 0 bridgehead atoms. The Morgan fingerprint density at radius 3 is 2.00 bits per heavy atom. The average molecular weight is 277 g/mol. The summed E-state index contributed by atoms with van der Waals surface area (Å²) in [6, 6.07) is 11.0. The Hall–Kier alpha value is -2.01. The predicted octanol–water partition coefficient (Wildman–Crippen LogP) is 2.81. The molecule has 5 heteroatoms. The molecule has 0 amide bonds. The van der Waals surface area contributed by atoms with E-state index in [1.165, 1.54) is 24.3 Å². The summed E-state index contributed by atoms with van der Waals surface area (Å²) in [7, 11) is -3.64. The normalized spacial score (nSPS) is 11.3. The lowest BCUT2D eigenvalue weighted by molar-refractivity contribution is 0.475. The van der Waals surface area contributed by atoms with Crippen LogP contribution in [0, 0.1) is 13.8 Å². The van der Waals surface area contributed by atoms with Crippen molar-refractivity contribution in [3.05, 3.63) is 53.6 Å². The summed E-state index contributed by atoms with van der Waals surface area (Å²) in [6.07, 6.45) is 0. The van der Waals surface area contributed by atoms with E-state index in [-0.39, 0.29) is 10.6 Å². The van der Waals surface area contributed by atoms with Crippen molar-refractivity contribution in [2.24, 2.45) is 0 Å². The number of anilines is 1. The molecule has 0 radical (unpaired) electrons. The predicted molar refractivity (Wildman–Crippen MR) is 74.8 cm³/mol. The second kappa shape index (κ2) is 4.93. The zero-order valence-electron chi connectivity index (χ0n) is 10.7. The molecule has 0 aliphatic heterocycles. The van der Waals surface area contributed by atoms with Gasteiger partial charge in [0, 0.05) is 0 Å². The van der Waals surface area contributed by atoms with Crippen molar-refractivity contribution in [2.45, 2.75) is 18.7 Å². The van der Waals surface area contributed by atoms with E-state index in [4.69, 9.17) is 0 Å². The van der Waals surface area contributed by atoms with E-state index in [1.807, 2.05) is 32.0 Å². The zero-order valence-corrected chi connectivity index (χ0v) is 11.5. The third-order valence-electron chi connectivity index (χ3n) is 2.86. The number of rotatable bonds is 3. The van der Waals surface area contributed by atoms with Gasteiger partial charge in [-0.1, -0.05) is 18.2 Å². The van der Waals surface area contributed by atoms with Crippen molar-refractivity contribution in [2.75, 3.05) is 4.72 Å². The highest BCUT2D eigenvalue weighted by Crippen LogP contribution is 2.24. The fourth-order valence-electron chi connectivity index (χ4n) is 1.79. The number of phenolic OH excluding ortho intramolecular Hbond substituents is 1. The molecule has 0 fully saturated rings. The molecule has 2 N–H and O–H groups in total. The van der Waals surface area contributed by atoms with Crippen molar-refractivity contribution in [3.8, 4) is 5.75 Å². The molecule has 0 saturated carbocycles. The average Bonchev–Trinajstić information content (AvgIpc) is 2.35. The molecule has 0 saturated heterocycles. The molecule has 0 spiro atoms. The first-order valence-electron chi connectivity index (χ1n) is 5.78. The number of aryl methyl sites for hydroxylation is 2. The van der Waals surface area contributed by atoms with Gasteiger partial charge in [-0.3, -0.25) is 4.72 Å². The maximum atomic E-state index is 12.2. The van der Waals surface area contributed by atoms with Gasteiger partial charge >= 0.3 is 0 Å². The maximum absolute atomic E-state index is 12.2. The molecule has 0 aliphatic rings. The van der Waals surface area contributed by atoms with Gasteiger partial charge in [-0.2, -0.15) is 0 Å². The molecular formula is C14H15NO3S. The standard InChI is InChI=1S/C14H15NO3S/c1-10-4-3-5-11(2)14(10)15-19(17,18)13-8-6-12(16)7-9-13/h3-9,15-16H,1-2H3. The number of phenols is 1. The largest absolute Gasteiger partial charge is 0.508 e. The maximum Gasteiger partial charge on any atom is 0.261 e. The van der Waals surface area contributed by atoms with Crippen molar-refractivity contribution in [3.63, 3.8) is 0 Å². The molecule has 2 aromatic carbocycles. The van der Waals surface area contributed by atoms with Crippen LogP contribution in [-0.2, 0) is 10.0 Å². The molecule has 19 heavy (non-hydrogen) atoms. The Kier molecular flexibility index (Phi) is 3.48. The second-order valence-electron chi connectivity index (χ2n) is 4.37. The van der Waals surface area contributed by atoms with Gasteiger partial charge in [0.1, 0.15) is 5.75 Å². The highest BCUT2D eigenvalue weighted by Gasteiger charge is 2.16. The van der Waals surface area contributed by atoms with Gasteiger partial charge in [0.25, 0.3) is 10.0 Å². The highest BCUT2D eigenvalue weighted by molar-refractivity contribution is 7.92. The number of nitrogens with one attached hydrogen (secondary N) is 1. The Balaban J connectivity index is 2.39. The first-order chi connectivity index (χ1) is 8.90. The second-order valence-corrected chi connectivity index (χ2v) is 6.05. The lowest BCUT2D eigenvalue weighted by atomic mass is 10.1. The minimum atomic E-state index is -3.64. The van der Waals surface area contributed by atoms with Crippen LogP contribution in [0.15, 0.2) is 47.4 Å². The minimum Gasteiger partial charge on any atom is -0.508 e. The van der Waals surface area contributed by atoms with Crippen LogP contribution in [0.5, 0.6) is 5.75 Å². The summed E-state index contributed by atoms with van der Waals surface area (Å²) in [5, 5.41) is 9.19. The molecule has 100 valence electrons. The van der Waals surface area contributed by atoms with E-state index in [0.717, 1.165) is 11.1 Å². The first kappa shape index (κ1) is 13.4. The van der Waals surface area contributed by atoms with Crippen LogP contribution in [-0.4, -0.2) is 13.5 Å². The molecule has 0 aromatic heterocycles. The molecule has 0 atom stereocenters. The molecule has 0 aliphatic carbocycles. The van der Waals surface area contributed by atoms with E-state index >= 15 is 0 Å². The molecule has 0 unspecified atom stereocenters. The fourth-order valence-corrected chi connectivity index (χ4v) is 3.00. The van der Waals surface area contributed by atoms with Crippen molar-refractivity contribution < 1.29 is 13.5 Å². The molecular weight excluding hydrogens is 262 g/mol. The van der Waals surface area contributed by atoms with Crippen LogP contribution in [0.25, 0.3) is 0 Å². The smallest absolute Gasteiger partial charge is 0.261 e. The Morgan fingerprint density at radius 1 is 0.947 bits per heavy atom. The quantitative estimate of drug-likeness (QED) is 0.906. The van der Waals surface area contributed by atoms with Crippen LogP contribution in [0.4, 0.5) is 5.69 Å². The SMILES string of the molecule is Cc1cccc(C)c1NS(=O)(=O)c1ccc(O)cc1. The first-order valence-corrected chi connectivity index (χ1v) is 7.26. The van der Waals surface area contributed by atoms with Gasteiger partial charge in [-0.15, -0.1) is 0 Å². The summed E-state index contributed by atoms with van der Waals surface area (Å²) in [5.74, 6) is 0.0334. The zero-order chi connectivity index (χ0) is 14.0. The van der Waals surface area contributed by atoms with Gasteiger partial charge in [-0.05, 0) is 49.2 Å². The Morgan fingerprint density at radius 2 is 1.47 bits per heavy atom. The van der Waals surface area contributed by atoms with E-state index in [0.29, 0.717) is 5.69 Å². The number of hydrogen-bond donors (Lipinski definition) is 2. The topological polar surface area (TPSA) is 66.4 Å². The van der Waals surface area contributed by atoms with Crippen LogP contribution < -0.4 is 4.72 Å². The molecule has 4 nitrogen and oxygen atoms in total. The van der Waals surface area contributed by atoms with Gasteiger partial charge in [-0.25, -0.2) is 8.42 Å². The van der Waals surface area contributed by atoms with Crippen LogP contribution in [0.2, 0.25) is 0 Å². The monoisotopic (exact) mass is 277 g/mol. The summed E-state index contributed by atoms with van der Waals surface area (Å²) in [6.45, 7) is 3.70. The van der Waals surface area contributed by atoms with Gasteiger partial charge in [0.05, 0.1) is 10.6 Å². The van der Waals surface area contributed by atoms with Crippen molar-refractivity contribution in [1.82, 2.24) is 0 Å². The van der Waals surface area contributed by atoms with E-state index in [2.05, 4.69) is 4.72 Å². The number of sulfonamides is 1. The lowest BCUT2D eigenvalue weighted by Gasteiger charge is -2.13. The van der Waals surface area contributed by atoms with Crippen LogP contribution in [0.1, 0.15) is 11.1 Å². The third kappa shape index (κ3) is 2.88. The van der Waals surface area contributed by atoms with E-state index in [1.54, 1.807) is 0 Å².